The molecule has 0 saturated heterocycles. The molecule has 0 spiro atoms. The van der Waals surface area contributed by atoms with E-state index < -0.39 is 0 Å². The molecule has 0 atom stereocenters. The van der Waals surface area contributed by atoms with Gasteiger partial charge in [-0.15, -0.1) is 0 Å². The first kappa shape index (κ1) is 8.30. The molecule has 0 bridgehead atoms. The van der Waals surface area contributed by atoms with Crippen LogP contribution in [0.4, 0.5) is 0 Å². The Morgan fingerprint density at radius 2 is 2.00 bits per heavy atom. The minimum Gasteiger partial charge on any atom is -0.313 e. The summed E-state index contributed by atoms with van der Waals surface area (Å²) < 4.78 is 2.33. The van der Waals surface area contributed by atoms with Gasteiger partial charge < -0.3 is 4.49 Å². The number of nitrogens with zero attached hydrogens (tertiary/aromatic N) is 1. The van der Waals surface area contributed by atoms with Crippen molar-refractivity contribution in [3.8, 4) is 0 Å². The van der Waals surface area contributed by atoms with Gasteiger partial charge in [0.15, 0.2) is 0 Å². The average Bonchev–Trinajstić information content (AvgIpc) is 2.67. The van der Waals surface area contributed by atoms with Crippen LogP contribution in [0.1, 0.15) is 6.92 Å². The Hall–Kier alpha value is -1.31. The maximum atomic E-state index is 2.33. The van der Waals surface area contributed by atoms with Gasteiger partial charge in [0.05, 0.1) is 0 Å². The monoisotopic (exact) mass is 170 g/mol. The Morgan fingerprint density at radius 1 is 1.23 bits per heavy atom. The number of rotatable bonds is 2. The van der Waals surface area contributed by atoms with Crippen LogP contribution in [-0.4, -0.2) is 24.1 Å². The van der Waals surface area contributed by atoms with Crippen molar-refractivity contribution in [1.82, 2.24) is 0 Å². The molecule has 64 valence electrons. The fourth-order valence-electron chi connectivity index (χ4n) is 1.72. The zero-order valence-corrected chi connectivity index (χ0v) is 7.85. The summed E-state index contributed by atoms with van der Waals surface area (Å²) >= 11 is 0. The lowest BCUT2D eigenvalue weighted by molar-refractivity contribution is -0.373. The Balaban J connectivity index is 2.28. The highest BCUT2D eigenvalue weighted by Crippen LogP contribution is 1.97. The van der Waals surface area contributed by atoms with Crippen molar-refractivity contribution >= 4 is 18.5 Å². The summed E-state index contributed by atoms with van der Waals surface area (Å²) in [5.74, 6) is 2.23. The summed E-state index contributed by atoms with van der Waals surface area (Å²) in [6, 6.07) is 10.6. The standard InChI is InChI=1S/C11H13BN/c1-2-13-10-6-9-12(13)11-7-4-3-5-8-11/h3-10H,2H2,1H3/q+1. The summed E-state index contributed by atoms with van der Waals surface area (Å²) in [5.41, 5.74) is 1.37. The lowest BCUT2D eigenvalue weighted by Gasteiger charge is -2.02. The third kappa shape index (κ3) is 1.57. The van der Waals surface area contributed by atoms with Gasteiger partial charge >= 0.3 is 6.85 Å². The topological polar surface area (TPSA) is 3.01 Å². The fraction of sp³-hybridized carbons (Fsp3) is 0.182. The maximum Gasteiger partial charge on any atom is 0.546 e. The summed E-state index contributed by atoms with van der Waals surface area (Å²) in [5, 5.41) is 0. The molecular weight excluding hydrogens is 157 g/mol. The molecule has 0 saturated carbocycles. The first-order chi connectivity index (χ1) is 6.42. The van der Waals surface area contributed by atoms with E-state index in [9.17, 15) is 0 Å². The van der Waals surface area contributed by atoms with E-state index in [4.69, 9.17) is 0 Å². The van der Waals surface area contributed by atoms with E-state index in [-0.39, 0.29) is 0 Å². The molecule has 1 nitrogen and oxygen atoms in total. The van der Waals surface area contributed by atoms with Gasteiger partial charge in [0.2, 0.25) is 0 Å². The summed E-state index contributed by atoms with van der Waals surface area (Å²) in [4.78, 5) is 0. The summed E-state index contributed by atoms with van der Waals surface area (Å²) in [6.07, 6.45) is 4.28. The van der Waals surface area contributed by atoms with E-state index in [2.05, 4.69) is 60.0 Å². The molecule has 1 aliphatic heterocycles. The maximum absolute atomic E-state index is 2.33. The highest BCUT2D eigenvalue weighted by atomic mass is 14.9. The highest BCUT2D eigenvalue weighted by Gasteiger charge is 2.30. The normalized spacial score (nSPS) is 14.8. The van der Waals surface area contributed by atoms with Crippen molar-refractivity contribution < 1.29 is 4.49 Å². The smallest absolute Gasteiger partial charge is 0.313 e. The minimum atomic E-state index is 0.450. The van der Waals surface area contributed by atoms with E-state index in [1.165, 1.54) is 5.46 Å². The van der Waals surface area contributed by atoms with Crippen LogP contribution in [0.25, 0.3) is 0 Å². The first-order valence-corrected chi connectivity index (χ1v) is 4.74. The van der Waals surface area contributed by atoms with E-state index in [1.54, 1.807) is 0 Å². The van der Waals surface area contributed by atoms with Crippen molar-refractivity contribution in [3.63, 3.8) is 0 Å². The van der Waals surface area contributed by atoms with Crippen LogP contribution in [0.5, 0.6) is 0 Å². The number of allylic oxidation sites excluding steroid dienone is 1. The lowest BCUT2D eigenvalue weighted by atomic mass is 9.56. The molecule has 1 aromatic carbocycles. The van der Waals surface area contributed by atoms with E-state index >= 15 is 0 Å². The van der Waals surface area contributed by atoms with Gasteiger partial charge in [-0.1, -0.05) is 30.3 Å². The average molecular weight is 170 g/mol. The van der Waals surface area contributed by atoms with Gasteiger partial charge in [-0.2, -0.15) is 0 Å². The van der Waals surface area contributed by atoms with E-state index in [0.29, 0.717) is 6.85 Å². The Kier molecular flexibility index (Phi) is 2.30. The second-order valence-corrected chi connectivity index (χ2v) is 3.22. The van der Waals surface area contributed by atoms with Gasteiger partial charge in [0, 0.05) is 5.46 Å². The van der Waals surface area contributed by atoms with Gasteiger partial charge in [0.1, 0.15) is 12.8 Å². The highest BCUT2D eigenvalue weighted by molar-refractivity contribution is 6.72. The molecule has 0 fully saturated rings. The molecule has 1 heterocycles. The quantitative estimate of drug-likeness (QED) is 0.584. The first-order valence-electron chi connectivity index (χ1n) is 4.74. The molecule has 2 heteroatoms. The Labute approximate surface area is 79.5 Å². The van der Waals surface area contributed by atoms with Crippen LogP contribution in [-0.2, 0) is 0 Å². The van der Waals surface area contributed by atoms with E-state index in [0.717, 1.165) is 6.54 Å². The van der Waals surface area contributed by atoms with Crippen molar-refractivity contribution in [2.45, 2.75) is 6.92 Å². The molecule has 0 aromatic heterocycles. The number of hydrogen-bond donors (Lipinski definition) is 0. The largest absolute Gasteiger partial charge is 0.546 e. The van der Waals surface area contributed by atoms with Crippen LogP contribution in [0.3, 0.4) is 0 Å². The third-order valence-electron chi connectivity index (χ3n) is 2.43. The third-order valence-corrected chi connectivity index (χ3v) is 2.43. The zero-order valence-electron chi connectivity index (χ0n) is 7.85. The number of benzene rings is 1. The Bertz CT molecular complexity index is 340. The zero-order chi connectivity index (χ0) is 9.10. The summed E-state index contributed by atoms with van der Waals surface area (Å²) in [7, 11) is 0. The summed E-state index contributed by atoms with van der Waals surface area (Å²) in [6.45, 7) is 3.69. The molecule has 13 heavy (non-hydrogen) atoms. The number of hydrogen-bond acceptors (Lipinski definition) is 0. The molecule has 2 rings (SSSR count). The van der Waals surface area contributed by atoms with Crippen LogP contribution >= 0.6 is 0 Å². The van der Waals surface area contributed by atoms with Crippen LogP contribution < -0.4 is 5.46 Å². The molecule has 0 amide bonds. The van der Waals surface area contributed by atoms with Crippen LogP contribution in [0, 0.1) is 0 Å². The van der Waals surface area contributed by atoms with Gasteiger partial charge in [-0.05, 0) is 19.0 Å². The SMILES string of the molecule is CC[N+]1=CC=CB1c1ccccc1. The van der Waals surface area contributed by atoms with Crippen molar-refractivity contribution in [1.29, 1.82) is 0 Å². The molecule has 0 unspecified atom stereocenters. The predicted octanol–water partition coefficient (Wildman–Crippen LogP) is 1.10. The van der Waals surface area contributed by atoms with E-state index in [1.807, 2.05) is 0 Å². The predicted molar refractivity (Wildman–Crippen MR) is 57.8 cm³/mol. The fourth-order valence-corrected chi connectivity index (χ4v) is 1.72. The lowest BCUT2D eigenvalue weighted by Crippen LogP contribution is -2.38. The molecule has 0 aliphatic carbocycles. The van der Waals surface area contributed by atoms with Gasteiger partial charge in [0.25, 0.3) is 0 Å². The van der Waals surface area contributed by atoms with Crippen LogP contribution in [0.2, 0.25) is 0 Å². The van der Waals surface area contributed by atoms with Crippen molar-refractivity contribution in [2.75, 3.05) is 6.54 Å². The van der Waals surface area contributed by atoms with Gasteiger partial charge in [-0.3, -0.25) is 0 Å². The molecule has 0 radical (unpaired) electrons. The molecule has 0 N–H and O–H groups in total. The molecular formula is C11H13BN+. The second-order valence-electron chi connectivity index (χ2n) is 3.22. The van der Waals surface area contributed by atoms with Gasteiger partial charge in [-0.25, -0.2) is 0 Å². The minimum absolute atomic E-state index is 0.450. The van der Waals surface area contributed by atoms with Crippen molar-refractivity contribution in [3.05, 3.63) is 42.4 Å². The molecule has 1 aliphatic rings. The second kappa shape index (κ2) is 3.61. The van der Waals surface area contributed by atoms with Crippen molar-refractivity contribution in [2.24, 2.45) is 0 Å². The van der Waals surface area contributed by atoms with Crippen LogP contribution in [0.15, 0.2) is 42.4 Å². The Morgan fingerprint density at radius 3 is 2.69 bits per heavy atom. The molecule has 1 aromatic rings.